The van der Waals surface area contributed by atoms with Gasteiger partial charge in [0.05, 0.1) is 5.92 Å². The Labute approximate surface area is 182 Å². The second-order valence-corrected chi connectivity index (χ2v) is 11.2. The van der Waals surface area contributed by atoms with E-state index < -0.39 is 12.0 Å². The number of ether oxygens (including phenoxy) is 1. The normalized spacial score (nSPS) is 21.0. The van der Waals surface area contributed by atoms with Crippen LogP contribution < -0.4 is 4.74 Å². The predicted molar refractivity (Wildman–Crippen MR) is 121 cm³/mol. The average Bonchev–Trinajstić information content (AvgIpc) is 2.61. The highest BCUT2D eigenvalue weighted by Gasteiger charge is 2.44. The average molecular weight is 425 g/mol. The molecule has 0 bridgehead atoms. The molecule has 2 nitrogen and oxygen atoms in total. The third-order valence-electron chi connectivity index (χ3n) is 6.49. The van der Waals surface area contributed by atoms with Crippen molar-refractivity contribution in [2.45, 2.75) is 117 Å². The Bertz CT molecular complexity index is 655. The largest absolute Gasteiger partial charge is 0.507 e. The third kappa shape index (κ3) is 6.34. The van der Waals surface area contributed by atoms with Gasteiger partial charge in [-0.25, -0.2) is 0 Å². The second-order valence-electron chi connectivity index (χ2n) is 11.2. The van der Waals surface area contributed by atoms with Crippen LogP contribution >= 0.6 is 0 Å². The number of halogens is 2. The maximum atomic E-state index is 15.1. The van der Waals surface area contributed by atoms with E-state index in [0.717, 1.165) is 19.3 Å². The Balaban J connectivity index is 2.18. The molecule has 1 saturated carbocycles. The number of benzene rings is 1. The molecule has 1 aromatic rings. The van der Waals surface area contributed by atoms with Crippen LogP contribution in [0.3, 0.4) is 0 Å². The molecule has 0 amide bonds. The predicted octanol–water partition coefficient (Wildman–Crippen LogP) is 8.35. The minimum absolute atomic E-state index is 0.151. The van der Waals surface area contributed by atoms with Crippen molar-refractivity contribution >= 4 is 0 Å². The van der Waals surface area contributed by atoms with Crippen molar-refractivity contribution in [2.75, 3.05) is 0 Å². The topological polar surface area (TPSA) is 29.5 Å². The van der Waals surface area contributed by atoms with E-state index in [1.807, 2.05) is 41.5 Å². The highest BCUT2D eigenvalue weighted by atomic mass is 19.3. The van der Waals surface area contributed by atoms with Gasteiger partial charge in [0.15, 0.2) is 0 Å². The number of aromatic hydroxyl groups is 1. The lowest BCUT2D eigenvalue weighted by Gasteiger charge is -2.34. The molecule has 0 saturated heterocycles. The van der Waals surface area contributed by atoms with Crippen LogP contribution in [-0.4, -0.2) is 11.2 Å². The maximum Gasteiger partial charge on any atom is 0.400 e. The van der Waals surface area contributed by atoms with Crippen molar-refractivity contribution in [3.63, 3.8) is 0 Å². The van der Waals surface area contributed by atoms with Gasteiger partial charge in [-0.3, -0.25) is 0 Å². The van der Waals surface area contributed by atoms with Crippen molar-refractivity contribution in [3.8, 4) is 11.5 Å². The van der Waals surface area contributed by atoms with Crippen molar-refractivity contribution in [3.05, 3.63) is 23.3 Å². The molecule has 4 heteroatoms. The van der Waals surface area contributed by atoms with Crippen LogP contribution in [0.1, 0.15) is 111 Å². The first-order valence-corrected chi connectivity index (χ1v) is 11.7. The van der Waals surface area contributed by atoms with Gasteiger partial charge < -0.3 is 9.84 Å². The highest BCUT2D eigenvalue weighted by Crippen LogP contribution is 2.45. The summed E-state index contributed by atoms with van der Waals surface area (Å²) in [6.45, 7) is 14.0. The zero-order valence-electron chi connectivity index (χ0n) is 20.1. The monoisotopic (exact) mass is 424 g/mol. The Morgan fingerprint density at radius 1 is 0.900 bits per heavy atom. The van der Waals surface area contributed by atoms with Gasteiger partial charge in [-0.15, -0.1) is 0 Å². The van der Waals surface area contributed by atoms with Crippen molar-refractivity contribution in [1.29, 1.82) is 0 Å². The fourth-order valence-corrected chi connectivity index (χ4v) is 4.52. The summed E-state index contributed by atoms with van der Waals surface area (Å²) in [5.74, 6) is 0.165. The number of hydrogen-bond donors (Lipinski definition) is 1. The highest BCUT2D eigenvalue weighted by molar-refractivity contribution is 5.52. The Hall–Kier alpha value is -1.32. The van der Waals surface area contributed by atoms with E-state index in [-0.39, 0.29) is 22.3 Å². The van der Waals surface area contributed by atoms with Crippen molar-refractivity contribution in [1.82, 2.24) is 0 Å². The molecule has 0 heterocycles. The van der Waals surface area contributed by atoms with Crippen LogP contribution in [-0.2, 0) is 10.8 Å². The molecule has 1 N–H and O–H groups in total. The first-order chi connectivity index (χ1) is 13.8. The molecule has 1 fully saturated rings. The molecule has 30 heavy (non-hydrogen) atoms. The van der Waals surface area contributed by atoms with E-state index in [1.165, 1.54) is 19.3 Å². The number of unbranched alkanes of at least 4 members (excludes halogenated alkanes) is 2. The number of phenols is 1. The number of rotatable bonds is 7. The van der Waals surface area contributed by atoms with E-state index in [0.29, 0.717) is 29.9 Å². The summed E-state index contributed by atoms with van der Waals surface area (Å²) in [7, 11) is 0. The Morgan fingerprint density at radius 2 is 1.40 bits per heavy atom. The van der Waals surface area contributed by atoms with Crippen LogP contribution in [0, 0.1) is 11.8 Å². The zero-order chi connectivity index (χ0) is 22.7. The van der Waals surface area contributed by atoms with E-state index >= 15 is 8.78 Å². The molecular weight excluding hydrogens is 382 g/mol. The summed E-state index contributed by atoms with van der Waals surface area (Å²) < 4.78 is 35.6. The molecule has 2 rings (SSSR count). The summed E-state index contributed by atoms with van der Waals surface area (Å²) in [4.78, 5) is 0. The lowest BCUT2D eigenvalue weighted by atomic mass is 9.79. The first-order valence-electron chi connectivity index (χ1n) is 11.7. The molecule has 0 aliphatic heterocycles. The fourth-order valence-electron chi connectivity index (χ4n) is 4.52. The van der Waals surface area contributed by atoms with Crippen LogP contribution in [0.5, 0.6) is 11.5 Å². The number of alkyl halides is 2. The molecule has 0 atom stereocenters. The number of phenolic OH excluding ortho intramolecular Hbond substituents is 1. The van der Waals surface area contributed by atoms with Crippen LogP contribution in [0.2, 0.25) is 0 Å². The van der Waals surface area contributed by atoms with Gasteiger partial charge in [0.1, 0.15) is 11.5 Å². The molecule has 0 spiro atoms. The van der Waals surface area contributed by atoms with Crippen molar-refractivity contribution in [2.24, 2.45) is 11.8 Å². The Kier molecular flexibility index (Phi) is 7.85. The van der Waals surface area contributed by atoms with Crippen LogP contribution in [0.15, 0.2) is 12.1 Å². The van der Waals surface area contributed by atoms with Gasteiger partial charge in [-0.05, 0) is 54.6 Å². The quantitative estimate of drug-likeness (QED) is 0.446. The minimum atomic E-state index is -3.20. The molecular formula is C26H42F2O2. The SMILES string of the molecule is CCCCCC1CCC(C(F)(F)Oc2cc(C(C)(C)C)c(O)c(C(C)(C)C)c2)CC1. The van der Waals surface area contributed by atoms with Gasteiger partial charge in [0.2, 0.25) is 0 Å². The molecule has 0 unspecified atom stereocenters. The lowest BCUT2D eigenvalue weighted by molar-refractivity contribution is -0.223. The minimum Gasteiger partial charge on any atom is -0.507 e. The molecule has 1 aliphatic carbocycles. The van der Waals surface area contributed by atoms with E-state index in [2.05, 4.69) is 6.92 Å². The van der Waals surface area contributed by atoms with Crippen LogP contribution in [0.25, 0.3) is 0 Å². The smallest absolute Gasteiger partial charge is 0.400 e. The fraction of sp³-hybridized carbons (Fsp3) is 0.769. The molecule has 1 aliphatic rings. The van der Waals surface area contributed by atoms with Gasteiger partial charge >= 0.3 is 6.11 Å². The van der Waals surface area contributed by atoms with Gasteiger partial charge in [0.25, 0.3) is 0 Å². The summed E-state index contributed by atoms with van der Waals surface area (Å²) in [6.07, 6.45) is 4.35. The maximum absolute atomic E-state index is 15.1. The summed E-state index contributed by atoms with van der Waals surface area (Å²) >= 11 is 0. The summed E-state index contributed by atoms with van der Waals surface area (Å²) in [6, 6.07) is 3.18. The van der Waals surface area contributed by atoms with E-state index in [4.69, 9.17) is 4.74 Å². The van der Waals surface area contributed by atoms with E-state index in [9.17, 15) is 5.11 Å². The molecule has 172 valence electrons. The first kappa shape index (κ1) is 24.9. The number of hydrogen-bond acceptors (Lipinski definition) is 2. The summed E-state index contributed by atoms with van der Waals surface area (Å²) in [5.41, 5.74) is 0.519. The summed E-state index contributed by atoms with van der Waals surface area (Å²) in [5, 5.41) is 10.8. The van der Waals surface area contributed by atoms with E-state index in [1.54, 1.807) is 12.1 Å². The van der Waals surface area contributed by atoms with Crippen LogP contribution in [0.4, 0.5) is 8.78 Å². The standard InChI is InChI=1S/C26H42F2O2/c1-8-9-10-11-18-12-14-19(15-13-18)26(27,28)30-20-16-21(24(2,3)4)23(29)22(17-20)25(5,6)7/h16-19,29H,8-15H2,1-7H3. The molecule has 1 aromatic carbocycles. The zero-order valence-corrected chi connectivity index (χ0v) is 20.1. The lowest BCUT2D eigenvalue weighted by Crippen LogP contribution is -2.37. The van der Waals surface area contributed by atoms with Gasteiger partial charge in [-0.2, -0.15) is 8.78 Å². The molecule has 0 radical (unpaired) electrons. The van der Waals surface area contributed by atoms with Gasteiger partial charge in [-0.1, -0.05) is 74.1 Å². The second kappa shape index (κ2) is 9.44. The Morgan fingerprint density at radius 3 is 1.83 bits per heavy atom. The molecule has 0 aromatic heterocycles. The van der Waals surface area contributed by atoms with Crippen molar-refractivity contribution < 1.29 is 18.6 Å². The van der Waals surface area contributed by atoms with Gasteiger partial charge in [0, 0.05) is 11.1 Å². The third-order valence-corrected chi connectivity index (χ3v) is 6.49.